The van der Waals surface area contributed by atoms with E-state index in [-0.39, 0.29) is 11.5 Å². The number of esters is 1. The quantitative estimate of drug-likeness (QED) is 0.237. The number of hydrogen-bond donors (Lipinski definition) is 1. The number of nitrogens with zero attached hydrogens (tertiary/aromatic N) is 1. The van der Waals surface area contributed by atoms with E-state index in [9.17, 15) is 9.59 Å². The van der Waals surface area contributed by atoms with Gasteiger partial charge in [-0.25, -0.2) is 4.79 Å². The fourth-order valence-electron chi connectivity index (χ4n) is 3.54. The molecule has 0 atom stereocenters. The van der Waals surface area contributed by atoms with Crippen LogP contribution in [0.5, 0.6) is 0 Å². The Morgan fingerprint density at radius 1 is 0.833 bits per heavy atom. The van der Waals surface area contributed by atoms with Gasteiger partial charge in [-0.15, -0.1) is 0 Å². The lowest BCUT2D eigenvalue weighted by atomic mass is 10.0. The summed E-state index contributed by atoms with van der Waals surface area (Å²) in [5, 5.41) is 4.49. The van der Waals surface area contributed by atoms with Crippen LogP contribution in [0.4, 0.5) is 0 Å². The number of nitrogens with one attached hydrogen (secondary N) is 1. The molecule has 0 fully saturated rings. The average molecular weight is 396 g/mol. The van der Waals surface area contributed by atoms with E-state index >= 15 is 0 Å². The number of ketones is 1. The molecule has 30 heavy (non-hydrogen) atoms. The van der Waals surface area contributed by atoms with Crippen molar-refractivity contribution in [3.8, 4) is 11.1 Å². The normalized spacial score (nSPS) is 12.1. The van der Waals surface area contributed by atoms with Crippen LogP contribution >= 0.6 is 0 Å². The topological polar surface area (TPSA) is 67.8 Å². The fraction of sp³-hybridized carbons (Fsp3) is 0.0800. The van der Waals surface area contributed by atoms with Gasteiger partial charge in [0, 0.05) is 22.8 Å². The van der Waals surface area contributed by atoms with Gasteiger partial charge in [-0.3, -0.25) is 10.2 Å². The molecule has 1 N–H and O–H groups in total. The predicted molar refractivity (Wildman–Crippen MR) is 116 cm³/mol. The zero-order chi connectivity index (χ0) is 21.1. The van der Waals surface area contributed by atoms with Gasteiger partial charge in [0.15, 0.2) is 5.78 Å². The number of benzene rings is 3. The van der Waals surface area contributed by atoms with Crippen LogP contribution in [0.1, 0.15) is 27.0 Å². The summed E-state index contributed by atoms with van der Waals surface area (Å²) < 4.78 is 4.84. The Morgan fingerprint density at radius 3 is 1.93 bits per heavy atom. The van der Waals surface area contributed by atoms with Crippen molar-refractivity contribution in [3.05, 3.63) is 107 Å². The molecule has 0 aromatic heterocycles. The predicted octanol–water partition coefficient (Wildman–Crippen LogP) is 4.26. The van der Waals surface area contributed by atoms with Crippen molar-refractivity contribution in [2.45, 2.75) is 6.92 Å². The fourth-order valence-corrected chi connectivity index (χ4v) is 3.54. The van der Waals surface area contributed by atoms with E-state index in [0.717, 1.165) is 27.8 Å². The molecule has 148 valence electrons. The molecule has 0 bridgehead atoms. The first-order chi connectivity index (χ1) is 14.6. The minimum atomic E-state index is -0.666. The molecule has 0 spiro atoms. The first kappa shape index (κ1) is 19.3. The van der Waals surface area contributed by atoms with E-state index in [1.165, 1.54) is 13.2 Å². The number of hydrogen-bond acceptors (Lipinski definition) is 5. The molecule has 0 saturated carbocycles. The third-order valence-electron chi connectivity index (χ3n) is 5.03. The SMILES string of the molecule is COC(=O)C(=CC(=O)c1ccccc1C)NN=C1c2ccccc2-c2ccccc21. The minimum Gasteiger partial charge on any atom is -0.464 e. The van der Waals surface area contributed by atoms with Gasteiger partial charge < -0.3 is 4.74 Å². The van der Waals surface area contributed by atoms with Crippen molar-refractivity contribution >= 4 is 17.5 Å². The highest BCUT2D eigenvalue weighted by atomic mass is 16.5. The standard InChI is InChI=1S/C25H20N2O3/c1-16-9-3-4-10-17(16)23(28)15-22(25(29)30-2)26-27-24-20-13-7-5-11-18(20)19-12-6-8-14-21(19)24/h3-15,26H,1-2H3. The summed E-state index contributed by atoms with van der Waals surface area (Å²) >= 11 is 0. The Kier molecular flexibility index (Phi) is 5.26. The molecule has 0 radical (unpaired) electrons. The van der Waals surface area contributed by atoms with Gasteiger partial charge in [-0.1, -0.05) is 72.8 Å². The van der Waals surface area contributed by atoms with E-state index in [1.54, 1.807) is 12.1 Å². The first-order valence-electron chi connectivity index (χ1n) is 9.53. The number of aryl methyl sites for hydroxylation is 1. The lowest BCUT2D eigenvalue weighted by Gasteiger charge is -2.08. The second-order valence-electron chi connectivity index (χ2n) is 6.89. The van der Waals surface area contributed by atoms with Crippen molar-refractivity contribution in [2.75, 3.05) is 7.11 Å². The van der Waals surface area contributed by atoms with Crippen LogP contribution in [0.25, 0.3) is 11.1 Å². The zero-order valence-corrected chi connectivity index (χ0v) is 16.7. The van der Waals surface area contributed by atoms with Gasteiger partial charge in [-0.2, -0.15) is 5.10 Å². The van der Waals surface area contributed by atoms with Crippen LogP contribution < -0.4 is 5.43 Å². The maximum atomic E-state index is 12.7. The summed E-state index contributed by atoms with van der Waals surface area (Å²) in [5.41, 5.74) is 8.87. The molecule has 4 rings (SSSR count). The number of fused-ring (bicyclic) bond motifs is 3. The van der Waals surface area contributed by atoms with E-state index in [0.29, 0.717) is 11.3 Å². The van der Waals surface area contributed by atoms with Crippen LogP contribution in [0.2, 0.25) is 0 Å². The summed E-state index contributed by atoms with van der Waals surface area (Å²) in [6, 6.07) is 23.1. The summed E-state index contributed by atoms with van der Waals surface area (Å²) in [4.78, 5) is 25.0. The Hall–Kier alpha value is -3.99. The Labute approximate surface area is 174 Å². The summed E-state index contributed by atoms with van der Waals surface area (Å²) in [6.07, 6.45) is 1.23. The maximum Gasteiger partial charge on any atom is 0.356 e. The Bertz CT molecular complexity index is 1160. The molecule has 0 heterocycles. The van der Waals surface area contributed by atoms with Crippen molar-refractivity contribution in [3.63, 3.8) is 0 Å². The highest BCUT2D eigenvalue weighted by molar-refractivity contribution is 6.24. The number of carbonyl (C=O) groups is 2. The molecular formula is C25H20N2O3. The number of methoxy groups -OCH3 is 1. The van der Waals surface area contributed by atoms with Gasteiger partial charge in [0.2, 0.25) is 0 Å². The molecule has 0 unspecified atom stereocenters. The molecule has 1 aliphatic rings. The van der Waals surface area contributed by atoms with Crippen LogP contribution in [0, 0.1) is 6.92 Å². The highest BCUT2D eigenvalue weighted by Crippen LogP contribution is 2.36. The minimum absolute atomic E-state index is 0.0277. The van der Waals surface area contributed by atoms with Crippen molar-refractivity contribution in [1.29, 1.82) is 0 Å². The first-order valence-corrected chi connectivity index (χ1v) is 9.53. The van der Waals surface area contributed by atoms with Crippen molar-refractivity contribution < 1.29 is 14.3 Å². The second kappa shape index (κ2) is 8.17. The molecular weight excluding hydrogens is 376 g/mol. The van der Waals surface area contributed by atoms with Crippen LogP contribution in [0.15, 0.2) is 89.7 Å². The van der Waals surface area contributed by atoms with Gasteiger partial charge >= 0.3 is 5.97 Å². The number of allylic oxidation sites excluding steroid dienone is 1. The molecule has 5 heteroatoms. The Balaban J connectivity index is 1.72. The van der Waals surface area contributed by atoms with Gasteiger partial charge in [-0.05, 0) is 23.6 Å². The van der Waals surface area contributed by atoms with E-state index < -0.39 is 5.97 Å². The number of ether oxygens (including phenoxy) is 1. The van der Waals surface area contributed by atoms with Gasteiger partial charge in [0.1, 0.15) is 5.70 Å². The number of carbonyl (C=O) groups excluding carboxylic acids is 2. The molecule has 5 nitrogen and oxygen atoms in total. The zero-order valence-electron chi connectivity index (χ0n) is 16.7. The third kappa shape index (κ3) is 3.53. The number of rotatable bonds is 5. The largest absolute Gasteiger partial charge is 0.464 e. The summed E-state index contributed by atoms with van der Waals surface area (Å²) in [7, 11) is 1.27. The van der Waals surface area contributed by atoms with Crippen LogP contribution in [0.3, 0.4) is 0 Å². The van der Waals surface area contributed by atoms with E-state index in [1.807, 2.05) is 67.6 Å². The van der Waals surface area contributed by atoms with Gasteiger partial charge in [0.05, 0.1) is 12.8 Å². The van der Waals surface area contributed by atoms with Gasteiger partial charge in [0.25, 0.3) is 0 Å². The molecule has 0 saturated heterocycles. The van der Waals surface area contributed by atoms with Crippen LogP contribution in [-0.4, -0.2) is 24.6 Å². The number of hydrazone groups is 1. The molecule has 3 aromatic rings. The molecule has 0 amide bonds. The molecule has 0 aliphatic heterocycles. The monoisotopic (exact) mass is 396 g/mol. The second-order valence-corrected chi connectivity index (χ2v) is 6.89. The van der Waals surface area contributed by atoms with Crippen molar-refractivity contribution in [1.82, 2.24) is 5.43 Å². The molecule has 3 aromatic carbocycles. The Morgan fingerprint density at radius 2 is 1.37 bits per heavy atom. The smallest absolute Gasteiger partial charge is 0.356 e. The van der Waals surface area contributed by atoms with Crippen molar-refractivity contribution in [2.24, 2.45) is 5.10 Å². The van der Waals surface area contributed by atoms with E-state index in [2.05, 4.69) is 10.5 Å². The average Bonchev–Trinajstić information content (AvgIpc) is 3.10. The van der Waals surface area contributed by atoms with E-state index in [4.69, 9.17) is 4.74 Å². The lowest BCUT2D eigenvalue weighted by molar-refractivity contribution is -0.136. The summed E-state index contributed by atoms with van der Waals surface area (Å²) in [5.74, 6) is -0.964. The lowest BCUT2D eigenvalue weighted by Crippen LogP contribution is -2.20. The maximum absolute atomic E-state index is 12.7. The third-order valence-corrected chi connectivity index (χ3v) is 5.03. The highest BCUT2D eigenvalue weighted by Gasteiger charge is 2.24. The molecule has 1 aliphatic carbocycles. The summed E-state index contributed by atoms with van der Waals surface area (Å²) in [6.45, 7) is 1.85. The van der Waals surface area contributed by atoms with Crippen LogP contribution in [-0.2, 0) is 9.53 Å².